The molecule has 2 amide bonds. The summed E-state index contributed by atoms with van der Waals surface area (Å²) >= 11 is 1.37. The Balaban J connectivity index is 1.75. The number of rotatable bonds is 5. The SMILES string of the molecule is C[C@H](OC(=O)[C@H](C)Sc1ccccc1)C(=O)N1c2ccccc2NC(=O)C1(C)C. The minimum atomic E-state index is -1.11. The summed E-state index contributed by atoms with van der Waals surface area (Å²) < 4.78 is 5.46. The van der Waals surface area contributed by atoms with Gasteiger partial charge in [0.2, 0.25) is 5.91 Å². The Labute approximate surface area is 174 Å². The fraction of sp³-hybridized carbons (Fsp3) is 0.318. The number of esters is 1. The number of hydrogen-bond donors (Lipinski definition) is 1. The highest BCUT2D eigenvalue weighted by Crippen LogP contribution is 2.37. The molecule has 6 nitrogen and oxygen atoms in total. The zero-order valence-electron chi connectivity index (χ0n) is 16.8. The summed E-state index contributed by atoms with van der Waals surface area (Å²) in [6.07, 6.45) is -1.03. The number of nitrogens with zero attached hydrogens (tertiary/aromatic N) is 1. The van der Waals surface area contributed by atoms with E-state index in [1.54, 1.807) is 45.0 Å². The molecule has 0 aliphatic carbocycles. The van der Waals surface area contributed by atoms with E-state index in [2.05, 4.69) is 5.32 Å². The van der Waals surface area contributed by atoms with Gasteiger partial charge in [0.25, 0.3) is 5.91 Å². The molecule has 0 unspecified atom stereocenters. The number of thioether (sulfide) groups is 1. The lowest BCUT2D eigenvalue weighted by atomic mass is 9.95. The van der Waals surface area contributed by atoms with Crippen LogP contribution >= 0.6 is 11.8 Å². The van der Waals surface area contributed by atoms with Crippen molar-refractivity contribution in [2.75, 3.05) is 10.2 Å². The predicted octanol–water partition coefficient (Wildman–Crippen LogP) is 3.86. The Hall–Kier alpha value is -2.80. The van der Waals surface area contributed by atoms with E-state index < -0.39 is 28.8 Å². The van der Waals surface area contributed by atoms with E-state index in [0.717, 1.165) is 4.90 Å². The zero-order valence-corrected chi connectivity index (χ0v) is 17.7. The predicted molar refractivity (Wildman–Crippen MR) is 114 cm³/mol. The molecule has 0 aromatic heterocycles. The van der Waals surface area contributed by atoms with Crippen LogP contribution in [0.4, 0.5) is 11.4 Å². The molecule has 0 saturated heterocycles. The van der Waals surface area contributed by atoms with Crippen LogP contribution in [0.2, 0.25) is 0 Å². The summed E-state index contributed by atoms with van der Waals surface area (Å²) in [5.74, 6) is -1.22. The van der Waals surface area contributed by atoms with Crippen molar-refractivity contribution in [3.63, 3.8) is 0 Å². The summed E-state index contributed by atoms with van der Waals surface area (Å²) in [5, 5.41) is 2.34. The Bertz CT molecular complexity index is 929. The fourth-order valence-electron chi connectivity index (χ4n) is 3.10. The molecule has 0 saturated carbocycles. The summed E-state index contributed by atoms with van der Waals surface area (Å²) in [7, 11) is 0. The maximum Gasteiger partial charge on any atom is 0.319 e. The highest BCUT2D eigenvalue weighted by Gasteiger charge is 2.45. The van der Waals surface area contributed by atoms with Crippen LogP contribution in [-0.4, -0.2) is 34.7 Å². The fourth-order valence-corrected chi connectivity index (χ4v) is 3.97. The molecule has 1 aliphatic heterocycles. The molecule has 0 radical (unpaired) electrons. The minimum Gasteiger partial charge on any atom is -0.452 e. The van der Waals surface area contributed by atoms with Crippen molar-refractivity contribution in [2.24, 2.45) is 0 Å². The number of ether oxygens (including phenoxy) is 1. The Kier molecular flexibility index (Phi) is 5.98. The molecule has 1 aliphatic rings. The number of anilines is 2. The molecular formula is C22H24N2O4S. The van der Waals surface area contributed by atoms with E-state index >= 15 is 0 Å². The van der Waals surface area contributed by atoms with Gasteiger partial charge in [-0.3, -0.25) is 19.3 Å². The molecule has 1 heterocycles. The number of hydrogen-bond acceptors (Lipinski definition) is 5. The monoisotopic (exact) mass is 412 g/mol. The van der Waals surface area contributed by atoms with Crippen molar-refractivity contribution in [1.82, 2.24) is 0 Å². The average Bonchev–Trinajstić information content (AvgIpc) is 2.69. The molecule has 29 heavy (non-hydrogen) atoms. The summed E-state index contributed by atoms with van der Waals surface area (Å²) in [4.78, 5) is 40.6. The lowest BCUT2D eigenvalue weighted by Gasteiger charge is -2.42. The summed E-state index contributed by atoms with van der Waals surface area (Å²) in [6.45, 7) is 6.60. The van der Waals surface area contributed by atoms with Crippen LogP contribution in [0.25, 0.3) is 0 Å². The lowest BCUT2D eigenvalue weighted by molar-refractivity contribution is -0.153. The van der Waals surface area contributed by atoms with Crippen molar-refractivity contribution >= 4 is 40.9 Å². The molecule has 2 aromatic carbocycles. The number of para-hydroxylation sites is 2. The van der Waals surface area contributed by atoms with E-state index in [-0.39, 0.29) is 5.91 Å². The van der Waals surface area contributed by atoms with Gasteiger partial charge in [0, 0.05) is 4.90 Å². The molecule has 0 bridgehead atoms. The number of nitrogens with one attached hydrogen (secondary N) is 1. The third kappa shape index (κ3) is 4.29. The van der Waals surface area contributed by atoms with Crippen molar-refractivity contribution in [1.29, 1.82) is 0 Å². The number of amides is 2. The van der Waals surface area contributed by atoms with Crippen molar-refractivity contribution < 1.29 is 19.1 Å². The zero-order chi connectivity index (χ0) is 21.2. The molecule has 2 aromatic rings. The average molecular weight is 413 g/mol. The van der Waals surface area contributed by atoms with Gasteiger partial charge in [-0.25, -0.2) is 0 Å². The van der Waals surface area contributed by atoms with E-state index in [1.807, 2.05) is 30.3 Å². The van der Waals surface area contributed by atoms with Gasteiger partial charge in [-0.2, -0.15) is 0 Å². The lowest BCUT2D eigenvalue weighted by Crippen LogP contribution is -2.60. The highest BCUT2D eigenvalue weighted by molar-refractivity contribution is 8.00. The van der Waals surface area contributed by atoms with Crippen molar-refractivity contribution in [2.45, 2.75) is 49.5 Å². The van der Waals surface area contributed by atoms with E-state index in [0.29, 0.717) is 11.4 Å². The quantitative estimate of drug-likeness (QED) is 0.596. The molecular weight excluding hydrogens is 388 g/mol. The number of carbonyl (C=O) groups is 3. The van der Waals surface area contributed by atoms with E-state index in [4.69, 9.17) is 4.74 Å². The maximum atomic E-state index is 13.2. The smallest absolute Gasteiger partial charge is 0.319 e. The van der Waals surface area contributed by atoms with Crippen LogP contribution in [0.5, 0.6) is 0 Å². The van der Waals surface area contributed by atoms with E-state index in [9.17, 15) is 14.4 Å². The third-order valence-corrected chi connectivity index (χ3v) is 5.85. The molecule has 1 N–H and O–H groups in total. The van der Waals surface area contributed by atoms with Crippen molar-refractivity contribution in [3.05, 3.63) is 54.6 Å². The Morgan fingerprint density at radius 1 is 1.03 bits per heavy atom. The van der Waals surface area contributed by atoms with Crippen LogP contribution in [0, 0.1) is 0 Å². The largest absolute Gasteiger partial charge is 0.452 e. The Morgan fingerprint density at radius 3 is 2.34 bits per heavy atom. The third-order valence-electron chi connectivity index (χ3n) is 4.76. The Morgan fingerprint density at radius 2 is 1.66 bits per heavy atom. The van der Waals surface area contributed by atoms with Gasteiger partial charge in [-0.05, 0) is 52.0 Å². The summed E-state index contributed by atoms with van der Waals surface area (Å²) in [6, 6.07) is 16.6. The van der Waals surface area contributed by atoms with Gasteiger partial charge < -0.3 is 10.1 Å². The number of carbonyl (C=O) groups excluding carboxylic acids is 3. The van der Waals surface area contributed by atoms with Gasteiger partial charge in [0.1, 0.15) is 10.8 Å². The molecule has 0 fully saturated rings. The minimum absolute atomic E-state index is 0.295. The first-order chi connectivity index (χ1) is 13.7. The van der Waals surface area contributed by atoms with Crippen LogP contribution in [0.3, 0.4) is 0 Å². The standard InChI is InChI=1S/C22H24N2O4S/c1-14(28-20(26)15(2)29-16-10-6-5-7-11-16)19(25)24-18-13-9-8-12-17(18)23-21(27)22(24,3)4/h5-15H,1-4H3,(H,23,27)/t14-,15-/m0/s1. The molecule has 3 rings (SSSR count). The topological polar surface area (TPSA) is 75.7 Å². The first-order valence-electron chi connectivity index (χ1n) is 9.38. The van der Waals surface area contributed by atoms with Crippen LogP contribution in [0.15, 0.2) is 59.5 Å². The van der Waals surface area contributed by atoms with Crippen LogP contribution in [-0.2, 0) is 19.1 Å². The van der Waals surface area contributed by atoms with Crippen LogP contribution in [0.1, 0.15) is 27.7 Å². The summed E-state index contributed by atoms with van der Waals surface area (Å²) in [5.41, 5.74) is 0.0182. The molecule has 2 atom stereocenters. The van der Waals surface area contributed by atoms with Crippen molar-refractivity contribution in [3.8, 4) is 0 Å². The van der Waals surface area contributed by atoms with E-state index in [1.165, 1.54) is 23.6 Å². The van der Waals surface area contributed by atoms with Gasteiger partial charge in [-0.15, -0.1) is 11.8 Å². The van der Waals surface area contributed by atoms with Gasteiger partial charge in [-0.1, -0.05) is 30.3 Å². The second-order valence-corrected chi connectivity index (χ2v) is 8.77. The number of fused-ring (bicyclic) bond motifs is 1. The number of benzene rings is 2. The van der Waals surface area contributed by atoms with Gasteiger partial charge in [0.05, 0.1) is 11.4 Å². The van der Waals surface area contributed by atoms with Crippen LogP contribution < -0.4 is 10.2 Å². The highest BCUT2D eigenvalue weighted by atomic mass is 32.2. The van der Waals surface area contributed by atoms with Gasteiger partial charge >= 0.3 is 5.97 Å². The molecule has 0 spiro atoms. The second kappa shape index (κ2) is 8.29. The maximum absolute atomic E-state index is 13.2. The second-order valence-electron chi connectivity index (χ2n) is 7.36. The molecule has 152 valence electrons. The molecule has 7 heteroatoms. The first-order valence-corrected chi connectivity index (χ1v) is 10.3. The normalized spacial score (nSPS) is 17.0. The van der Waals surface area contributed by atoms with Gasteiger partial charge in [0.15, 0.2) is 6.10 Å². The first kappa shape index (κ1) is 20.9.